The first-order valence-electron chi connectivity index (χ1n) is 7.02. The second-order valence-electron chi connectivity index (χ2n) is 6.85. The summed E-state index contributed by atoms with van der Waals surface area (Å²) in [6, 6.07) is 0.131. The highest BCUT2D eigenvalue weighted by Crippen LogP contribution is 2.39. The molecule has 4 heteroatoms. The highest BCUT2D eigenvalue weighted by Gasteiger charge is 2.40. The zero-order valence-electron chi connectivity index (χ0n) is 12.1. The van der Waals surface area contributed by atoms with Crippen molar-refractivity contribution in [1.29, 1.82) is 0 Å². The summed E-state index contributed by atoms with van der Waals surface area (Å²) in [5.74, 6) is -0.399. The fourth-order valence-electron chi connectivity index (χ4n) is 3.43. The van der Waals surface area contributed by atoms with Gasteiger partial charge in [0.2, 0.25) is 0 Å². The molecule has 0 atom stereocenters. The maximum atomic E-state index is 14.6. The Morgan fingerprint density at radius 3 is 2.58 bits per heavy atom. The van der Waals surface area contributed by atoms with E-state index in [0.29, 0.717) is 12.1 Å². The van der Waals surface area contributed by atoms with Crippen LogP contribution in [0, 0.1) is 11.2 Å². The maximum absolute atomic E-state index is 14.6. The van der Waals surface area contributed by atoms with Gasteiger partial charge >= 0.3 is 0 Å². The molecule has 0 radical (unpaired) electrons. The third kappa shape index (κ3) is 1.72. The fraction of sp³-hybridized carbons (Fsp3) is 0.667. The molecule has 0 unspecified atom stereocenters. The molecule has 0 saturated heterocycles. The molecule has 3 nitrogen and oxygen atoms in total. The summed E-state index contributed by atoms with van der Waals surface area (Å²) in [7, 11) is 0. The predicted molar refractivity (Wildman–Crippen MR) is 71.8 cm³/mol. The van der Waals surface area contributed by atoms with Gasteiger partial charge in [0.05, 0.1) is 11.3 Å². The van der Waals surface area contributed by atoms with Gasteiger partial charge in [-0.1, -0.05) is 13.8 Å². The van der Waals surface area contributed by atoms with Gasteiger partial charge in [0, 0.05) is 31.2 Å². The Balaban J connectivity index is 2.08. The van der Waals surface area contributed by atoms with Crippen molar-refractivity contribution in [3.05, 3.63) is 22.8 Å². The largest absolute Gasteiger partial charge is 0.344 e. The summed E-state index contributed by atoms with van der Waals surface area (Å²) in [6.07, 6.45) is 1.49. The van der Waals surface area contributed by atoms with Crippen LogP contribution in [0.4, 0.5) is 4.39 Å². The molecule has 0 spiro atoms. The molecule has 0 fully saturated rings. The van der Waals surface area contributed by atoms with Gasteiger partial charge in [-0.2, -0.15) is 0 Å². The average molecular weight is 264 g/mol. The molecular formula is C15H21FN2O. The van der Waals surface area contributed by atoms with Crippen LogP contribution in [-0.4, -0.2) is 28.0 Å². The molecular weight excluding hydrogens is 243 g/mol. The Kier molecular flexibility index (Phi) is 2.57. The number of hydrogen-bond acceptors (Lipinski definition) is 1. The first-order valence-corrected chi connectivity index (χ1v) is 7.02. The van der Waals surface area contributed by atoms with Crippen molar-refractivity contribution < 1.29 is 9.18 Å². The van der Waals surface area contributed by atoms with E-state index < -0.39 is 0 Å². The standard InChI is InChI=1S/C15H21FN2O/c1-9(2)17-6-5-10-12(14(17)19)13(16)11-7-15(3,4)8-18(10)11/h9H,5-8H2,1-4H3. The second kappa shape index (κ2) is 3.84. The van der Waals surface area contributed by atoms with E-state index in [1.807, 2.05) is 13.8 Å². The van der Waals surface area contributed by atoms with Crippen LogP contribution in [0.15, 0.2) is 0 Å². The van der Waals surface area contributed by atoms with E-state index in [1.165, 1.54) is 0 Å². The zero-order valence-corrected chi connectivity index (χ0v) is 12.1. The maximum Gasteiger partial charge on any atom is 0.258 e. The SMILES string of the molecule is CC(C)N1CCc2c(c(F)c3n2CC(C)(C)C3)C1=O. The zero-order chi connectivity index (χ0) is 13.9. The van der Waals surface area contributed by atoms with E-state index in [4.69, 9.17) is 0 Å². The third-order valence-electron chi connectivity index (χ3n) is 4.33. The van der Waals surface area contributed by atoms with Gasteiger partial charge in [-0.05, 0) is 25.7 Å². The first-order chi connectivity index (χ1) is 8.82. The summed E-state index contributed by atoms with van der Waals surface area (Å²) in [5, 5.41) is 0. The molecule has 2 aliphatic rings. The van der Waals surface area contributed by atoms with E-state index >= 15 is 0 Å². The number of nitrogens with zero attached hydrogens (tertiary/aromatic N) is 2. The van der Waals surface area contributed by atoms with Crippen LogP contribution < -0.4 is 0 Å². The predicted octanol–water partition coefficient (Wildman–Crippen LogP) is 2.62. The molecule has 0 N–H and O–H groups in total. The smallest absolute Gasteiger partial charge is 0.258 e. The number of hydrogen-bond donors (Lipinski definition) is 0. The monoisotopic (exact) mass is 264 g/mol. The van der Waals surface area contributed by atoms with Crippen LogP contribution in [0.25, 0.3) is 0 Å². The van der Waals surface area contributed by atoms with Gasteiger partial charge in [-0.25, -0.2) is 4.39 Å². The summed E-state index contributed by atoms with van der Waals surface area (Å²) in [4.78, 5) is 14.2. The van der Waals surface area contributed by atoms with Gasteiger partial charge < -0.3 is 9.47 Å². The normalized spacial score (nSPS) is 20.9. The lowest BCUT2D eigenvalue weighted by Gasteiger charge is -2.31. The third-order valence-corrected chi connectivity index (χ3v) is 4.33. The van der Waals surface area contributed by atoms with Crippen molar-refractivity contribution in [2.24, 2.45) is 5.41 Å². The molecule has 19 heavy (non-hydrogen) atoms. The average Bonchev–Trinajstić information content (AvgIpc) is 2.74. The van der Waals surface area contributed by atoms with E-state index in [-0.39, 0.29) is 23.2 Å². The molecule has 104 valence electrons. The fourth-order valence-corrected chi connectivity index (χ4v) is 3.43. The molecule has 0 aliphatic carbocycles. The Morgan fingerprint density at radius 1 is 1.26 bits per heavy atom. The van der Waals surface area contributed by atoms with Crippen LogP contribution in [0.5, 0.6) is 0 Å². The van der Waals surface area contributed by atoms with E-state index in [1.54, 1.807) is 4.90 Å². The van der Waals surface area contributed by atoms with Gasteiger partial charge in [-0.15, -0.1) is 0 Å². The summed E-state index contributed by atoms with van der Waals surface area (Å²) in [6.45, 7) is 9.78. The number of fused-ring (bicyclic) bond motifs is 3. The van der Waals surface area contributed by atoms with Crippen LogP contribution in [0.1, 0.15) is 49.4 Å². The van der Waals surface area contributed by atoms with Crippen molar-refractivity contribution in [3.63, 3.8) is 0 Å². The second-order valence-corrected chi connectivity index (χ2v) is 6.85. The number of aromatic nitrogens is 1. The number of carbonyl (C=O) groups is 1. The number of rotatable bonds is 1. The summed E-state index contributed by atoms with van der Waals surface area (Å²) >= 11 is 0. The Bertz CT molecular complexity index is 557. The molecule has 0 saturated carbocycles. The Labute approximate surface area is 113 Å². The summed E-state index contributed by atoms with van der Waals surface area (Å²) in [5.41, 5.74) is 2.09. The first kappa shape index (κ1) is 12.7. The molecule has 2 aliphatic heterocycles. The van der Waals surface area contributed by atoms with Crippen molar-refractivity contribution in [2.45, 2.75) is 53.1 Å². The van der Waals surface area contributed by atoms with Gasteiger partial charge in [0.15, 0.2) is 5.82 Å². The van der Waals surface area contributed by atoms with Crippen LogP contribution in [0.3, 0.4) is 0 Å². The quantitative estimate of drug-likeness (QED) is 0.765. The lowest BCUT2D eigenvalue weighted by atomic mass is 9.90. The Hall–Kier alpha value is -1.32. The van der Waals surface area contributed by atoms with Crippen LogP contribution in [-0.2, 0) is 19.4 Å². The molecule has 1 aromatic heterocycles. The van der Waals surface area contributed by atoms with Crippen molar-refractivity contribution in [1.82, 2.24) is 9.47 Å². The minimum Gasteiger partial charge on any atom is -0.344 e. The number of carbonyl (C=O) groups excluding carboxylic acids is 1. The minimum atomic E-state index is -0.268. The lowest BCUT2D eigenvalue weighted by molar-refractivity contribution is 0.0680. The van der Waals surface area contributed by atoms with Crippen molar-refractivity contribution in [3.8, 4) is 0 Å². The summed E-state index contributed by atoms with van der Waals surface area (Å²) < 4.78 is 16.6. The van der Waals surface area contributed by atoms with E-state index in [9.17, 15) is 9.18 Å². The van der Waals surface area contributed by atoms with Crippen molar-refractivity contribution >= 4 is 5.91 Å². The minimum absolute atomic E-state index is 0.101. The highest BCUT2D eigenvalue weighted by atomic mass is 19.1. The van der Waals surface area contributed by atoms with Gasteiger partial charge in [0.1, 0.15) is 0 Å². The number of halogens is 1. The molecule has 0 bridgehead atoms. The highest BCUT2D eigenvalue weighted by molar-refractivity contribution is 5.97. The van der Waals surface area contributed by atoms with Crippen LogP contribution >= 0.6 is 0 Å². The van der Waals surface area contributed by atoms with Crippen molar-refractivity contribution in [2.75, 3.05) is 6.54 Å². The van der Waals surface area contributed by atoms with Crippen LogP contribution in [0.2, 0.25) is 0 Å². The molecule has 3 heterocycles. The van der Waals surface area contributed by atoms with E-state index in [2.05, 4.69) is 18.4 Å². The van der Waals surface area contributed by atoms with Gasteiger partial charge in [0.25, 0.3) is 5.91 Å². The van der Waals surface area contributed by atoms with Gasteiger partial charge in [-0.3, -0.25) is 4.79 Å². The molecule has 3 rings (SSSR count). The lowest BCUT2D eigenvalue weighted by Crippen LogP contribution is -2.42. The van der Waals surface area contributed by atoms with E-state index in [0.717, 1.165) is 30.8 Å². The number of amides is 1. The molecule has 0 aromatic carbocycles. The topological polar surface area (TPSA) is 25.2 Å². The molecule has 1 amide bonds. The molecule has 1 aromatic rings. The Morgan fingerprint density at radius 2 is 1.95 bits per heavy atom.